The molecule has 1 N–H and O–H groups in total. The summed E-state index contributed by atoms with van der Waals surface area (Å²) >= 11 is 0. The molecule has 0 saturated carbocycles. The SMILES string of the molecule is Cn1c(=O)c2c(-c3ccccc3)n3c(c2n(C)c1=O)[C@H](c1ccccc1O)OCC3(C)C. The number of phenols is 1. The Morgan fingerprint density at radius 3 is 2.31 bits per heavy atom. The van der Waals surface area contributed by atoms with E-state index < -0.39 is 17.3 Å². The number of aromatic hydroxyl groups is 1. The van der Waals surface area contributed by atoms with E-state index in [0.717, 1.165) is 15.8 Å². The predicted molar refractivity (Wildman–Crippen MR) is 123 cm³/mol. The number of benzene rings is 2. The fourth-order valence-corrected chi connectivity index (χ4v) is 4.81. The van der Waals surface area contributed by atoms with Gasteiger partial charge in [-0.05, 0) is 25.5 Å². The molecule has 1 aliphatic heterocycles. The number of fused-ring (bicyclic) bond motifs is 3. The molecular formula is C25H25N3O4. The molecule has 3 heterocycles. The topological polar surface area (TPSA) is 78.4 Å². The van der Waals surface area contributed by atoms with Crippen molar-refractivity contribution in [3.63, 3.8) is 0 Å². The third-order valence-corrected chi connectivity index (χ3v) is 6.33. The van der Waals surface area contributed by atoms with Crippen molar-refractivity contribution in [3.8, 4) is 17.0 Å². The zero-order chi connectivity index (χ0) is 22.8. The summed E-state index contributed by atoms with van der Waals surface area (Å²) in [7, 11) is 3.17. The van der Waals surface area contributed by atoms with Gasteiger partial charge in [-0.15, -0.1) is 0 Å². The van der Waals surface area contributed by atoms with Gasteiger partial charge in [0, 0.05) is 19.7 Å². The molecule has 0 aliphatic carbocycles. The zero-order valence-corrected chi connectivity index (χ0v) is 18.5. The van der Waals surface area contributed by atoms with Gasteiger partial charge in [0.2, 0.25) is 0 Å². The van der Waals surface area contributed by atoms with Crippen molar-refractivity contribution in [2.75, 3.05) is 6.61 Å². The van der Waals surface area contributed by atoms with Gasteiger partial charge < -0.3 is 14.4 Å². The number of aryl methyl sites for hydroxylation is 1. The van der Waals surface area contributed by atoms with E-state index in [4.69, 9.17) is 4.74 Å². The average Bonchev–Trinajstić information content (AvgIpc) is 3.15. The van der Waals surface area contributed by atoms with Crippen LogP contribution in [0, 0.1) is 0 Å². The number of aromatic nitrogens is 3. The molecule has 1 atom stereocenters. The van der Waals surface area contributed by atoms with Crippen molar-refractivity contribution in [1.82, 2.24) is 13.7 Å². The highest BCUT2D eigenvalue weighted by Crippen LogP contribution is 2.46. The Bertz CT molecular complexity index is 1480. The molecule has 164 valence electrons. The predicted octanol–water partition coefficient (Wildman–Crippen LogP) is 3.27. The first-order valence-electron chi connectivity index (χ1n) is 10.5. The lowest BCUT2D eigenvalue weighted by atomic mass is 9.97. The molecule has 0 saturated heterocycles. The third kappa shape index (κ3) is 2.71. The van der Waals surface area contributed by atoms with Gasteiger partial charge in [-0.25, -0.2) is 4.79 Å². The lowest BCUT2D eigenvalue weighted by molar-refractivity contribution is -0.00798. The van der Waals surface area contributed by atoms with Crippen LogP contribution in [-0.2, 0) is 24.4 Å². The number of phenolic OH excluding ortho intramolecular Hbond substituents is 1. The molecule has 0 spiro atoms. The number of nitrogens with zero attached hydrogens (tertiary/aromatic N) is 3. The second-order valence-corrected chi connectivity index (χ2v) is 8.93. The fraction of sp³-hybridized carbons (Fsp3) is 0.280. The minimum absolute atomic E-state index is 0.105. The smallest absolute Gasteiger partial charge is 0.331 e. The normalized spacial score (nSPS) is 17.4. The average molecular weight is 431 g/mol. The van der Waals surface area contributed by atoms with Gasteiger partial charge in [-0.2, -0.15) is 0 Å². The van der Waals surface area contributed by atoms with Crippen molar-refractivity contribution < 1.29 is 9.84 Å². The second kappa shape index (κ2) is 6.97. The number of hydrogen-bond acceptors (Lipinski definition) is 4. The van der Waals surface area contributed by atoms with Gasteiger partial charge in [-0.1, -0.05) is 48.5 Å². The maximum atomic E-state index is 13.5. The summed E-state index contributed by atoms with van der Waals surface area (Å²) in [6.45, 7) is 4.46. The van der Waals surface area contributed by atoms with Crippen LogP contribution in [0.1, 0.15) is 31.2 Å². The van der Waals surface area contributed by atoms with Gasteiger partial charge in [-0.3, -0.25) is 13.9 Å². The molecule has 2 aromatic carbocycles. The van der Waals surface area contributed by atoms with E-state index in [1.807, 2.05) is 56.3 Å². The molecule has 1 aliphatic rings. The second-order valence-electron chi connectivity index (χ2n) is 8.93. The van der Waals surface area contributed by atoms with Crippen LogP contribution in [0.15, 0.2) is 64.2 Å². The van der Waals surface area contributed by atoms with E-state index in [0.29, 0.717) is 28.8 Å². The van der Waals surface area contributed by atoms with E-state index in [9.17, 15) is 14.7 Å². The lowest BCUT2D eigenvalue weighted by Crippen LogP contribution is -2.40. The summed E-state index contributed by atoms with van der Waals surface area (Å²) in [4.78, 5) is 26.4. The number of para-hydroxylation sites is 1. The molecule has 0 bridgehead atoms. The minimum atomic E-state index is -0.637. The van der Waals surface area contributed by atoms with Gasteiger partial charge in [0.15, 0.2) is 0 Å². The molecule has 0 unspecified atom stereocenters. The maximum Gasteiger partial charge on any atom is 0.331 e. The minimum Gasteiger partial charge on any atom is -0.508 e. The highest BCUT2D eigenvalue weighted by Gasteiger charge is 2.41. The first-order valence-corrected chi connectivity index (χ1v) is 10.5. The van der Waals surface area contributed by atoms with E-state index in [-0.39, 0.29) is 11.3 Å². The van der Waals surface area contributed by atoms with Crippen LogP contribution in [0.5, 0.6) is 5.75 Å². The van der Waals surface area contributed by atoms with Gasteiger partial charge >= 0.3 is 5.69 Å². The number of rotatable bonds is 2. The first kappa shape index (κ1) is 20.3. The van der Waals surface area contributed by atoms with E-state index in [2.05, 4.69) is 4.57 Å². The van der Waals surface area contributed by atoms with Gasteiger partial charge in [0.1, 0.15) is 11.9 Å². The quantitative estimate of drug-likeness (QED) is 0.528. The Hall–Kier alpha value is -3.58. The van der Waals surface area contributed by atoms with Gasteiger partial charge in [0.05, 0.1) is 34.4 Å². The van der Waals surface area contributed by atoms with Crippen molar-refractivity contribution in [2.24, 2.45) is 14.1 Å². The highest BCUT2D eigenvalue weighted by molar-refractivity contribution is 5.96. The molecule has 0 amide bonds. The summed E-state index contributed by atoms with van der Waals surface area (Å²) in [6, 6.07) is 16.7. The molecular weight excluding hydrogens is 406 g/mol. The standard InChI is InChI=1S/C25H25N3O4/c1-25(2)14-32-22(16-12-8-9-13-17(16)29)21-20-18(23(30)27(4)24(31)26(20)3)19(28(21)25)15-10-6-5-7-11-15/h5-13,22,29H,14H2,1-4H3/t22-/m0/s1. The largest absolute Gasteiger partial charge is 0.508 e. The Kier molecular flexibility index (Phi) is 4.43. The van der Waals surface area contributed by atoms with Crippen molar-refractivity contribution in [1.29, 1.82) is 0 Å². The lowest BCUT2D eigenvalue weighted by Gasteiger charge is -2.39. The van der Waals surface area contributed by atoms with Crippen LogP contribution in [-0.4, -0.2) is 25.4 Å². The number of hydrogen-bond donors (Lipinski definition) is 1. The van der Waals surface area contributed by atoms with E-state index in [1.54, 1.807) is 19.2 Å². The van der Waals surface area contributed by atoms with E-state index in [1.165, 1.54) is 11.6 Å². The van der Waals surface area contributed by atoms with E-state index >= 15 is 0 Å². The maximum absolute atomic E-state index is 13.5. The molecule has 4 aromatic rings. The van der Waals surface area contributed by atoms with Crippen LogP contribution < -0.4 is 11.2 Å². The van der Waals surface area contributed by atoms with Crippen LogP contribution >= 0.6 is 0 Å². The Morgan fingerprint density at radius 1 is 0.969 bits per heavy atom. The molecule has 0 radical (unpaired) electrons. The summed E-state index contributed by atoms with van der Waals surface area (Å²) in [5, 5.41) is 11.1. The summed E-state index contributed by atoms with van der Waals surface area (Å²) in [5.74, 6) is 0.105. The molecule has 7 nitrogen and oxygen atoms in total. The van der Waals surface area contributed by atoms with Crippen molar-refractivity contribution >= 4 is 10.9 Å². The summed E-state index contributed by atoms with van der Waals surface area (Å²) < 4.78 is 11.1. The molecule has 5 rings (SSSR count). The van der Waals surface area contributed by atoms with Crippen LogP contribution in [0.3, 0.4) is 0 Å². The molecule has 0 fully saturated rings. The van der Waals surface area contributed by atoms with Crippen molar-refractivity contribution in [3.05, 3.63) is 86.7 Å². The Balaban J connectivity index is 2.04. The monoisotopic (exact) mass is 431 g/mol. The molecule has 7 heteroatoms. The first-order chi connectivity index (χ1) is 15.2. The van der Waals surface area contributed by atoms with Crippen molar-refractivity contribution in [2.45, 2.75) is 25.5 Å². The van der Waals surface area contributed by atoms with Crippen LogP contribution in [0.25, 0.3) is 22.2 Å². The molecule has 32 heavy (non-hydrogen) atoms. The summed E-state index contributed by atoms with van der Waals surface area (Å²) in [5.41, 5.74) is 2.18. The number of ether oxygens (including phenoxy) is 1. The third-order valence-electron chi connectivity index (χ3n) is 6.33. The van der Waals surface area contributed by atoms with Crippen LogP contribution in [0.2, 0.25) is 0 Å². The zero-order valence-electron chi connectivity index (χ0n) is 18.5. The Labute approximate surface area is 184 Å². The fourth-order valence-electron chi connectivity index (χ4n) is 4.81. The summed E-state index contributed by atoms with van der Waals surface area (Å²) in [6.07, 6.45) is -0.637. The van der Waals surface area contributed by atoms with Gasteiger partial charge in [0.25, 0.3) is 5.56 Å². The van der Waals surface area contributed by atoms with Crippen LogP contribution in [0.4, 0.5) is 0 Å². The highest BCUT2D eigenvalue weighted by atomic mass is 16.5. The molecule has 2 aromatic heterocycles. The Morgan fingerprint density at radius 2 is 1.62 bits per heavy atom.